The molecule has 0 unspecified atom stereocenters. The summed E-state index contributed by atoms with van der Waals surface area (Å²) in [6.07, 6.45) is -0.472. The molecule has 0 radical (unpaired) electrons. The van der Waals surface area contributed by atoms with Crippen molar-refractivity contribution in [2.75, 3.05) is 38.8 Å². The fourth-order valence-electron chi connectivity index (χ4n) is 2.10. The summed E-state index contributed by atoms with van der Waals surface area (Å²) in [7, 11) is 0. The van der Waals surface area contributed by atoms with E-state index in [9.17, 15) is 26.7 Å². The first-order valence-corrected chi connectivity index (χ1v) is 8.67. The van der Waals surface area contributed by atoms with Crippen LogP contribution in [0.4, 0.5) is 27.6 Å². The molecule has 2 aromatic carbocycles. The number of halogens is 5. The van der Waals surface area contributed by atoms with Crippen LogP contribution in [0.3, 0.4) is 0 Å². The number of nitrogens with two attached hydrogens (primary N) is 1. The monoisotopic (exact) mass is 435 g/mol. The van der Waals surface area contributed by atoms with Gasteiger partial charge in [0.25, 0.3) is 0 Å². The van der Waals surface area contributed by atoms with Gasteiger partial charge in [-0.25, -0.2) is 13.2 Å². The Morgan fingerprint density at radius 2 is 1.23 bits per heavy atom. The van der Waals surface area contributed by atoms with Gasteiger partial charge in [0.15, 0.2) is 0 Å². The lowest BCUT2D eigenvalue weighted by Crippen LogP contribution is -2.16. The van der Waals surface area contributed by atoms with Crippen molar-refractivity contribution in [3.63, 3.8) is 0 Å². The van der Waals surface area contributed by atoms with Gasteiger partial charge < -0.3 is 24.7 Å². The summed E-state index contributed by atoms with van der Waals surface area (Å²) in [4.78, 5) is 11.5. The zero-order chi connectivity index (χ0) is 22.1. The lowest BCUT2D eigenvalue weighted by molar-refractivity contribution is -0.136. The van der Waals surface area contributed by atoms with E-state index in [-0.39, 0.29) is 33.0 Å². The van der Waals surface area contributed by atoms with Gasteiger partial charge in [0, 0.05) is 5.69 Å². The number of hydrogen-bond donors (Lipinski definition) is 1. The van der Waals surface area contributed by atoms with Gasteiger partial charge in [-0.15, -0.1) is 0 Å². The molecule has 0 aliphatic heterocycles. The number of anilines is 1. The molecule has 0 fully saturated rings. The number of nitrogen functional groups attached to an aromatic ring is 1. The molecule has 2 rings (SSSR count). The van der Waals surface area contributed by atoms with Gasteiger partial charge in [0.2, 0.25) is 34.8 Å². The van der Waals surface area contributed by atoms with E-state index in [1.807, 2.05) is 0 Å². The molecule has 0 aliphatic rings. The molecule has 0 aliphatic carbocycles. The second kappa shape index (κ2) is 11.3. The average molecular weight is 435 g/mol. The van der Waals surface area contributed by atoms with Crippen molar-refractivity contribution in [2.45, 2.75) is 6.42 Å². The van der Waals surface area contributed by atoms with Crippen molar-refractivity contribution in [3.05, 3.63) is 53.4 Å². The highest BCUT2D eigenvalue weighted by molar-refractivity contribution is 5.72. The first-order chi connectivity index (χ1) is 14.3. The number of hydrogen-bond acceptors (Lipinski definition) is 6. The summed E-state index contributed by atoms with van der Waals surface area (Å²) in [6, 6.07) is 6.82. The molecule has 0 heterocycles. The highest BCUT2D eigenvalue weighted by Gasteiger charge is 2.28. The third kappa shape index (κ3) is 6.56. The molecule has 0 aromatic heterocycles. The van der Waals surface area contributed by atoms with Crippen LogP contribution >= 0.6 is 0 Å². The van der Waals surface area contributed by atoms with Crippen LogP contribution in [0.5, 0.6) is 11.5 Å². The molecule has 0 bridgehead atoms. The maximum Gasteiger partial charge on any atom is 0.313 e. The van der Waals surface area contributed by atoms with Crippen LogP contribution in [0.1, 0.15) is 6.42 Å². The molecule has 0 spiro atoms. The number of carbonyl (C=O) groups is 1. The van der Waals surface area contributed by atoms with E-state index < -0.39 is 47.2 Å². The molecule has 0 saturated heterocycles. The summed E-state index contributed by atoms with van der Waals surface area (Å²) in [5, 5.41) is 0. The summed E-state index contributed by atoms with van der Waals surface area (Å²) < 4.78 is 85.8. The van der Waals surface area contributed by atoms with E-state index in [4.69, 9.17) is 19.9 Å². The molecular formula is C19H18F5NO5. The Hall–Kier alpha value is -2.92. The van der Waals surface area contributed by atoms with Crippen LogP contribution in [-0.2, 0) is 14.3 Å². The number of benzene rings is 2. The van der Waals surface area contributed by atoms with Crippen LogP contribution in [0.2, 0.25) is 0 Å². The Kier molecular flexibility index (Phi) is 8.81. The standard InChI is InChI=1S/C19H18F5NO5/c20-14-15(21)17(23)19(18(24)16(14)22)30-13(26)5-6-27-7-8-28-9-10-29-12-3-1-11(25)2-4-12/h1-4H,5-10,25H2. The van der Waals surface area contributed by atoms with E-state index >= 15 is 0 Å². The summed E-state index contributed by atoms with van der Waals surface area (Å²) >= 11 is 0. The predicted octanol–water partition coefficient (Wildman–Crippen LogP) is 3.37. The zero-order valence-corrected chi connectivity index (χ0v) is 15.6. The van der Waals surface area contributed by atoms with Crippen LogP contribution in [0.15, 0.2) is 24.3 Å². The molecule has 2 aromatic rings. The summed E-state index contributed by atoms with van der Waals surface area (Å²) in [6.45, 7) is 0.628. The largest absolute Gasteiger partial charge is 0.491 e. The zero-order valence-electron chi connectivity index (χ0n) is 15.6. The van der Waals surface area contributed by atoms with E-state index in [2.05, 4.69) is 4.74 Å². The highest BCUT2D eigenvalue weighted by atomic mass is 19.2. The first kappa shape index (κ1) is 23.4. The predicted molar refractivity (Wildman–Crippen MR) is 94.5 cm³/mol. The van der Waals surface area contributed by atoms with Gasteiger partial charge in [-0.05, 0) is 24.3 Å². The average Bonchev–Trinajstić information content (AvgIpc) is 2.74. The molecule has 30 heavy (non-hydrogen) atoms. The number of ether oxygens (including phenoxy) is 4. The van der Waals surface area contributed by atoms with E-state index in [0.717, 1.165) is 0 Å². The van der Waals surface area contributed by atoms with Crippen molar-refractivity contribution in [2.24, 2.45) is 0 Å². The normalized spacial score (nSPS) is 10.8. The maximum atomic E-state index is 13.4. The molecule has 0 amide bonds. The topological polar surface area (TPSA) is 80.0 Å². The maximum absolute atomic E-state index is 13.4. The quantitative estimate of drug-likeness (QED) is 0.111. The molecule has 0 atom stereocenters. The third-order valence-corrected chi connectivity index (χ3v) is 3.58. The van der Waals surface area contributed by atoms with Gasteiger partial charge in [0.1, 0.15) is 12.4 Å². The molecule has 6 nitrogen and oxygen atoms in total. The van der Waals surface area contributed by atoms with Crippen molar-refractivity contribution in [1.82, 2.24) is 0 Å². The van der Waals surface area contributed by atoms with Gasteiger partial charge >= 0.3 is 5.97 Å². The van der Waals surface area contributed by atoms with Crippen molar-refractivity contribution >= 4 is 11.7 Å². The first-order valence-electron chi connectivity index (χ1n) is 8.67. The fourth-order valence-corrected chi connectivity index (χ4v) is 2.10. The van der Waals surface area contributed by atoms with Gasteiger partial charge in [-0.2, -0.15) is 8.78 Å². The fraction of sp³-hybridized carbons (Fsp3) is 0.316. The van der Waals surface area contributed by atoms with Crippen LogP contribution < -0.4 is 15.2 Å². The van der Waals surface area contributed by atoms with Crippen LogP contribution in [0.25, 0.3) is 0 Å². The minimum absolute atomic E-state index is 0.0949. The molecule has 11 heteroatoms. The lowest BCUT2D eigenvalue weighted by atomic mass is 10.2. The Morgan fingerprint density at radius 1 is 0.733 bits per heavy atom. The molecule has 2 N–H and O–H groups in total. The second-order valence-electron chi connectivity index (χ2n) is 5.77. The SMILES string of the molecule is Nc1ccc(OCCOCCOCCC(=O)Oc2c(F)c(F)c(F)c(F)c2F)cc1. The van der Waals surface area contributed by atoms with Gasteiger partial charge in [-0.3, -0.25) is 4.79 Å². The highest BCUT2D eigenvalue weighted by Crippen LogP contribution is 2.29. The van der Waals surface area contributed by atoms with Crippen molar-refractivity contribution in [1.29, 1.82) is 0 Å². The minimum Gasteiger partial charge on any atom is -0.491 e. The second-order valence-corrected chi connectivity index (χ2v) is 5.77. The van der Waals surface area contributed by atoms with Gasteiger partial charge in [0.05, 0.1) is 32.8 Å². The Labute approximate surface area is 168 Å². The minimum atomic E-state index is -2.34. The summed E-state index contributed by atoms with van der Waals surface area (Å²) in [5.41, 5.74) is 6.17. The number of esters is 1. The Bertz CT molecular complexity index is 834. The number of carbonyl (C=O) groups excluding carboxylic acids is 1. The van der Waals surface area contributed by atoms with E-state index in [1.54, 1.807) is 24.3 Å². The smallest absolute Gasteiger partial charge is 0.313 e. The Balaban J connectivity index is 1.59. The Morgan fingerprint density at radius 3 is 1.83 bits per heavy atom. The van der Waals surface area contributed by atoms with Crippen LogP contribution in [-0.4, -0.2) is 39.0 Å². The number of rotatable bonds is 11. The van der Waals surface area contributed by atoms with Gasteiger partial charge in [-0.1, -0.05) is 0 Å². The van der Waals surface area contributed by atoms with E-state index in [0.29, 0.717) is 11.4 Å². The van der Waals surface area contributed by atoms with Crippen LogP contribution in [0, 0.1) is 29.1 Å². The lowest BCUT2D eigenvalue weighted by Gasteiger charge is -2.09. The molecule has 0 saturated carbocycles. The van der Waals surface area contributed by atoms with E-state index in [1.165, 1.54) is 0 Å². The molecule has 164 valence electrons. The van der Waals surface area contributed by atoms with Crippen molar-refractivity contribution < 1.29 is 45.7 Å². The van der Waals surface area contributed by atoms with Crippen molar-refractivity contribution in [3.8, 4) is 11.5 Å². The molecular weight excluding hydrogens is 417 g/mol. The summed E-state index contributed by atoms with van der Waals surface area (Å²) in [5.74, 6) is -13.4. The third-order valence-electron chi connectivity index (χ3n) is 3.58.